The van der Waals surface area contributed by atoms with Crippen molar-refractivity contribution in [2.75, 3.05) is 18.0 Å². The summed E-state index contributed by atoms with van der Waals surface area (Å²) in [7, 11) is 0. The van der Waals surface area contributed by atoms with Gasteiger partial charge in [0.05, 0.1) is 16.3 Å². The average Bonchev–Trinajstić information content (AvgIpc) is 3.45. The van der Waals surface area contributed by atoms with Crippen LogP contribution < -0.4 is 4.90 Å². The molecule has 0 spiro atoms. The third kappa shape index (κ3) is 3.80. The number of aryl methyl sites for hydroxylation is 1. The monoisotopic (exact) mass is 403 g/mol. The fourth-order valence-electron chi connectivity index (χ4n) is 4.70. The van der Waals surface area contributed by atoms with Crippen molar-refractivity contribution in [1.82, 2.24) is 15.0 Å². The van der Waals surface area contributed by atoms with Crippen LogP contribution in [0.2, 0.25) is 0 Å². The number of benzene rings is 1. The van der Waals surface area contributed by atoms with Crippen LogP contribution in [0, 0.1) is 13.3 Å². The summed E-state index contributed by atoms with van der Waals surface area (Å²) in [5, 5.41) is 1.13. The Kier molecular flexibility index (Phi) is 5.32. The summed E-state index contributed by atoms with van der Waals surface area (Å²) in [5.41, 5.74) is 5.82. The van der Waals surface area contributed by atoms with E-state index in [4.69, 9.17) is 4.98 Å². The Labute approximate surface area is 177 Å². The molecule has 0 unspecified atom stereocenters. The predicted molar refractivity (Wildman–Crippen MR) is 119 cm³/mol. The highest BCUT2D eigenvalue weighted by molar-refractivity contribution is 7.19. The summed E-state index contributed by atoms with van der Waals surface area (Å²) in [4.78, 5) is 17.7. The van der Waals surface area contributed by atoms with Gasteiger partial charge >= 0.3 is 0 Å². The summed E-state index contributed by atoms with van der Waals surface area (Å²) in [5.74, 6) is 0.561. The van der Waals surface area contributed by atoms with E-state index in [9.17, 15) is 0 Å². The third-order valence-electron chi connectivity index (χ3n) is 6.24. The molecule has 1 radical (unpaired) electrons. The first kappa shape index (κ1) is 18.7. The Morgan fingerprint density at radius 1 is 1.03 bits per heavy atom. The van der Waals surface area contributed by atoms with E-state index in [-0.39, 0.29) is 0 Å². The maximum Gasteiger partial charge on any atom is 0.198 e. The van der Waals surface area contributed by atoms with Gasteiger partial charge < -0.3 is 4.90 Å². The van der Waals surface area contributed by atoms with Crippen LogP contribution >= 0.6 is 11.3 Å². The molecule has 0 N–H and O–H groups in total. The molecule has 1 aromatic carbocycles. The van der Waals surface area contributed by atoms with Gasteiger partial charge in [-0.2, -0.15) is 0 Å². The molecule has 2 aromatic heterocycles. The molecule has 3 aromatic rings. The molecule has 2 fully saturated rings. The number of nitrogens with zero attached hydrogens (tertiary/aromatic N) is 4. The highest BCUT2D eigenvalue weighted by Crippen LogP contribution is 2.45. The molecule has 1 saturated carbocycles. The summed E-state index contributed by atoms with van der Waals surface area (Å²) in [6.45, 7) is 4.35. The maximum absolute atomic E-state index is 5.16. The van der Waals surface area contributed by atoms with Gasteiger partial charge in [-0.15, -0.1) is 0 Å². The van der Waals surface area contributed by atoms with Crippen molar-refractivity contribution in [1.29, 1.82) is 0 Å². The first-order chi connectivity index (χ1) is 14.3. The lowest BCUT2D eigenvalue weighted by Crippen LogP contribution is -2.29. The van der Waals surface area contributed by atoms with Crippen molar-refractivity contribution in [3.63, 3.8) is 0 Å². The lowest BCUT2D eigenvalue weighted by Gasteiger charge is -2.25. The zero-order valence-corrected chi connectivity index (χ0v) is 17.8. The third-order valence-corrected chi connectivity index (χ3v) is 7.36. The molecular weight excluding hydrogens is 376 g/mol. The molecule has 149 valence electrons. The SMILES string of the molecule is Cc1cccc(-c2nc(N3CCCCC3)sc2-c2n[c]ncc2C2CCCC2)c1. The van der Waals surface area contributed by atoms with E-state index in [1.807, 2.05) is 6.20 Å². The topological polar surface area (TPSA) is 41.9 Å². The minimum Gasteiger partial charge on any atom is -0.348 e. The van der Waals surface area contributed by atoms with E-state index in [0.29, 0.717) is 5.92 Å². The van der Waals surface area contributed by atoms with E-state index in [1.54, 1.807) is 11.3 Å². The quantitative estimate of drug-likeness (QED) is 0.534. The van der Waals surface area contributed by atoms with Crippen LogP contribution in [0.1, 0.15) is 62.0 Å². The number of thiazole rings is 1. The summed E-state index contributed by atoms with van der Waals surface area (Å²) < 4.78 is 0. The number of rotatable bonds is 4. The highest BCUT2D eigenvalue weighted by atomic mass is 32.1. The van der Waals surface area contributed by atoms with Gasteiger partial charge in [-0.25, -0.2) is 15.0 Å². The predicted octanol–water partition coefficient (Wildman–Crippen LogP) is 6.02. The first-order valence-electron chi connectivity index (χ1n) is 10.9. The van der Waals surface area contributed by atoms with Crippen LogP contribution in [0.4, 0.5) is 5.13 Å². The van der Waals surface area contributed by atoms with Gasteiger partial charge in [-0.1, -0.05) is 47.9 Å². The molecule has 1 aliphatic heterocycles. The molecular formula is C24H27N4S. The maximum atomic E-state index is 5.16. The van der Waals surface area contributed by atoms with Crippen molar-refractivity contribution >= 4 is 16.5 Å². The molecule has 3 heterocycles. The molecule has 0 amide bonds. The second-order valence-corrected chi connectivity index (χ2v) is 9.32. The number of aromatic nitrogens is 3. The molecule has 1 aliphatic carbocycles. The average molecular weight is 404 g/mol. The van der Waals surface area contributed by atoms with Crippen LogP contribution in [0.5, 0.6) is 0 Å². The Hall–Kier alpha value is -2.27. The second kappa shape index (κ2) is 8.23. The molecule has 4 nitrogen and oxygen atoms in total. The second-order valence-electron chi connectivity index (χ2n) is 8.35. The lowest BCUT2D eigenvalue weighted by molar-refractivity contribution is 0.577. The number of hydrogen-bond donors (Lipinski definition) is 0. The van der Waals surface area contributed by atoms with Crippen molar-refractivity contribution in [2.24, 2.45) is 0 Å². The molecule has 2 aliphatic rings. The normalized spacial score (nSPS) is 17.8. The number of piperidine rings is 1. The Bertz CT molecular complexity index is 984. The zero-order chi connectivity index (χ0) is 19.6. The van der Waals surface area contributed by atoms with Gasteiger partial charge in [-0.05, 0) is 51.0 Å². The fourth-order valence-corrected chi connectivity index (χ4v) is 5.85. The molecule has 29 heavy (non-hydrogen) atoms. The van der Waals surface area contributed by atoms with Gasteiger partial charge in [-0.3, -0.25) is 0 Å². The minimum absolute atomic E-state index is 0.561. The Balaban J connectivity index is 1.64. The van der Waals surface area contributed by atoms with Crippen molar-refractivity contribution in [3.8, 4) is 21.8 Å². The van der Waals surface area contributed by atoms with Crippen molar-refractivity contribution in [3.05, 3.63) is 47.9 Å². The Morgan fingerprint density at radius 3 is 2.66 bits per heavy atom. The van der Waals surface area contributed by atoms with Gasteiger partial charge in [0.15, 0.2) is 11.5 Å². The van der Waals surface area contributed by atoms with E-state index >= 15 is 0 Å². The van der Waals surface area contributed by atoms with Crippen LogP contribution in [0.15, 0.2) is 30.5 Å². The van der Waals surface area contributed by atoms with E-state index in [1.165, 1.54) is 66.5 Å². The van der Waals surface area contributed by atoms with Gasteiger partial charge in [0, 0.05) is 30.4 Å². The minimum atomic E-state index is 0.561. The highest BCUT2D eigenvalue weighted by Gasteiger charge is 2.26. The number of anilines is 1. The molecule has 1 saturated heterocycles. The molecule has 5 rings (SSSR count). The Morgan fingerprint density at radius 2 is 1.86 bits per heavy atom. The van der Waals surface area contributed by atoms with E-state index in [0.717, 1.165) is 29.6 Å². The zero-order valence-electron chi connectivity index (χ0n) is 17.0. The molecule has 5 heteroatoms. The van der Waals surface area contributed by atoms with Crippen molar-refractivity contribution < 1.29 is 0 Å². The first-order valence-corrected chi connectivity index (χ1v) is 11.7. The lowest BCUT2D eigenvalue weighted by atomic mass is 9.96. The van der Waals surface area contributed by atoms with Crippen LogP contribution in [0.3, 0.4) is 0 Å². The summed E-state index contributed by atoms with van der Waals surface area (Å²) in [6.07, 6.45) is 13.8. The smallest absolute Gasteiger partial charge is 0.198 e. The van der Waals surface area contributed by atoms with Gasteiger partial charge in [0.2, 0.25) is 0 Å². The van der Waals surface area contributed by atoms with Crippen LogP contribution in [0.25, 0.3) is 21.8 Å². The van der Waals surface area contributed by atoms with Crippen LogP contribution in [-0.4, -0.2) is 28.0 Å². The largest absolute Gasteiger partial charge is 0.348 e. The van der Waals surface area contributed by atoms with E-state index < -0.39 is 0 Å². The molecule has 0 atom stereocenters. The summed E-state index contributed by atoms with van der Waals surface area (Å²) >= 11 is 1.80. The van der Waals surface area contributed by atoms with Crippen molar-refractivity contribution in [2.45, 2.75) is 57.8 Å². The molecule has 0 bridgehead atoms. The fraction of sp³-hybridized carbons (Fsp3) is 0.458. The van der Waals surface area contributed by atoms with E-state index in [2.05, 4.69) is 52.4 Å². The number of hydrogen-bond acceptors (Lipinski definition) is 5. The van der Waals surface area contributed by atoms with Crippen LogP contribution in [-0.2, 0) is 0 Å². The van der Waals surface area contributed by atoms with Gasteiger partial charge in [0.1, 0.15) is 0 Å². The summed E-state index contributed by atoms with van der Waals surface area (Å²) in [6, 6.07) is 8.67. The van der Waals surface area contributed by atoms with Gasteiger partial charge in [0.25, 0.3) is 0 Å². The standard InChI is InChI=1S/C24H27N4S/c1-17-8-7-11-19(14-17)21-23(29-24(27-21)28-12-5-2-6-13-28)22-20(15-25-16-26-22)18-9-3-4-10-18/h7-8,11,14-15,18H,2-6,9-10,12-13H2,1H3.